The van der Waals surface area contributed by atoms with E-state index in [9.17, 15) is 0 Å². The smallest absolute Gasteiger partial charge is 0.312 e. The maximum Gasteiger partial charge on any atom is 0.312 e. The predicted octanol–water partition coefficient (Wildman–Crippen LogP) is 5.01. The first-order valence-electron chi connectivity index (χ1n) is 7.52. The molecule has 2 aromatic carbocycles. The summed E-state index contributed by atoms with van der Waals surface area (Å²) in [6.45, 7) is 0. The van der Waals surface area contributed by atoms with Crippen molar-refractivity contribution in [2.45, 2.75) is 11.1 Å². The van der Waals surface area contributed by atoms with Gasteiger partial charge in [-0.3, -0.25) is 0 Å². The van der Waals surface area contributed by atoms with Gasteiger partial charge in [-0.25, -0.2) is 0 Å². The van der Waals surface area contributed by atoms with E-state index in [-0.39, 0.29) is 11.1 Å². The zero-order valence-electron chi connectivity index (χ0n) is 12.4. The Bertz CT molecular complexity index is 719. The number of allylic oxidation sites excluding steroid dienone is 2. The van der Waals surface area contributed by atoms with Crippen molar-refractivity contribution in [3.05, 3.63) is 82.9 Å². The molecule has 0 saturated carbocycles. The summed E-state index contributed by atoms with van der Waals surface area (Å²) in [6.07, 6.45) is 8.80. The van der Waals surface area contributed by atoms with E-state index < -0.39 is 7.63 Å². The molecule has 0 radical (unpaired) electrons. The molecule has 2 aliphatic carbocycles. The highest BCUT2D eigenvalue weighted by atomic mass is 35.6. The molecular formula is C19H17ClOSi. The van der Waals surface area contributed by atoms with E-state index in [0.717, 1.165) is 0 Å². The minimum atomic E-state index is -2.56. The van der Waals surface area contributed by atoms with Gasteiger partial charge in [0.05, 0.1) is 0 Å². The zero-order valence-corrected chi connectivity index (χ0v) is 14.1. The molecule has 4 rings (SSSR count). The summed E-state index contributed by atoms with van der Waals surface area (Å²) in [5.41, 5.74) is 5.47. The molecule has 110 valence electrons. The molecule has 0 aromatic heterocycles. The summed E-state index contributed by atoms with van der Waals surface area (Å²) in [6, 6.07) is 16.9. The quantitative estimate of drug-likeness (QED) is 0.569. The number of hydrogen-bond donors (Lipinski definition) is 0. The van der Waals surface area contributed by atoms with Crippen molar-refractivity contribution in [1.29, 1.82) is 0 Å². The van der Waals surface area contributed by atoms with E-state index in [2.05, 4.69) is 72.8 Å². The molecule has 0 bridgehead atoms. The van der Waals surface area contributed by atoms with Crippen molar-refractivity contribution in [3.63, 3.8) is 0 Å². The van der Waals surface area contributed by atoms with Gasteiger partial charge < -0.3 is 4.43 Å². The number of halogens is 1. The largest absolute Gasteiger partial charge is 0.405 e. The van der Waals surface area contributed by atoms with Crippen LogP contribution in [-0.2, 0) is 4.43 Å². The highest BCUT2D eigenvalue weighted by Crippen LogP contribution is 2.49. The molecule has 1 nitrogen and oxygen atoms in total. The Kier molecular flexibility index (Phi) is 3.33. The molecule has 0 fully saturated rings. The Hall–Kier alpha value is -1.61. The lowest BCUT2D eigenvalue weighted by Crippen LogP contribution is -2.43. The lowest BCUT2D eigenvalue weighted by Gasteiger charge is -2.34. The number of rotatable bonds is 3. The minimum Gasteiger partial charge on any atom is -0.405 e. The third-order valence-electron chi connectivity index (χ3n) is 4.76. The van der Waals surface area contributed by atoms with Gasteiger partial charge in [0.1, 0.15) is 0 Å². The second-order valence-electron chi connectivity index (χ2n) is 5.83. The Balaban J connectivity index is 1.80. The van der Waals surface area contributed by atoms with Crippen LogP contribution >= 0.6 is 11.1 Å². The van der Waals surface area contributed by atoms with Gasteiger partial charge >= 0.3 is 7.63 Å². The lowest BCUT2D eigenvalue weighted by molar-refractivity contribution is 0.399. The Morgan fingerprint density at radius 1 is 0.818 bits per heavy atom. The average Bonchev–Trinajstić information content (AvgIpc) is 3.19. The van der Waals surface area contributed by atoms with E-state index >= 15 is 0 Å². The second kappa shape index (κ2) is 5.23. The summed E-state index contributed by atoms with van der Waals surface area (Å²) >= 11 is 7.21. The van der Waals surface area contributed by atoms with Gasteiger partial charge in [0.15, 0.2) is 0 Å². The zero-order chi connectivity index (χ0) is 15.2. The molecule has 0 N–H and O–H groups in total. The van der Waals surface area contributed by atoms with E-state index in [1.165, 1.54) is 22.3 Å². The van der Waals surface area contributed by atoms with Crippen molar-refractivity contribution >= 4 is 30.9 Å². The van der Waals surface area contributed by atoms with E-state index in [1.807, 2.05) is 0 Å². The lowest BCUT2D eigenvalue weighted by atomic mass is 10.1. The van der Waals surface area contributed by atoms with Crippen LogP contribution in [0.1, 0.15) is 33.3 Å². The fourth-order valence-corrected chi connectivity index (χ4v) is 7.76. The highest BCUT2D eigenvalue weighted by molar-refractivity contribution is 7.18. The van der Waals surface area contributed by atoms with Gasteiger partial charge in [0, 0.05) is 18.2 Å². The van der Waals surface area contributed by atoms with E-state index in [4.69, 9.17) is 15.5 Å². The normalized spacial score (nSPS) is 24.1. The van der Waals surface area contributed by atoms with Gasteiger partial charge in [-0.1, -0.05) is 72.8 Å². The van der Waals surface area contributed by atoms with Gasteiger partial charge in [0.25, 0.3) is 0 Å². The van der Waals surface area contributed by atoms with Crippen LogP contribution in [0, 0.1) is 0 Å². The summed E-state index contributed by atoms with van der Waals surface area (Å²) in [4.78, 5) is 0. The van der Waals surface area contributed by atoms with Crippen molar-refractivity contribution in [2.24, 2.45) is 0 Å². The first kappa shape index (κ1) is 14.0. The molecular weight excluding hydrogens is 308 g/mol. The first-order valence-corrected chi connectivity index (χ1v) is 10.6. The van der Waals surface area contributed by atoms with Crippen LogP contribution < -0.4 is 0 Å². The summed E-state index contributed by atoms with van der Waals surface area (Å²) in [7, 11) is -0.794. The van der Waals surface area contributed by atoms with Crippen LogP contribution in [-0.4, -0.2) is 14.7 Å². The van der Waals surface area contributed by atoms with Crippen LogP contribution in [0.15, 0.2) is 60.7 Å². The summed E-state index contributed by atoms with van der Waals surface area (Å²) in [5.74, 6) is 0. The van der Waals surface area contributed by atoms with Gasteiger partial charge in [-0.15, -0.1) is 11.1 Å². The molecule has 0 amide bonds. The van der Waals surface area contributed by atoms with Crippen LogP contribution in [0.3, 0.4) is 0 Å². The van der Waals surface area contributed by atoms with Crippen LogP contribution in [0.2, 0.25) is 0 Å². The fraction of sp³-hybridized carbons (Fsp3) is 0.158. The molecule has 22 heavy (non-hydrogen) atoms. The third kappa shape index (κ3) is 1.95. The maximum atomic E-state index is 7.21. The molecule has 2 atom stereocenters. The Morgan fingerprint density at radius 2 is 1.27 bits per heavy atom. The third-order valence-corrected chi connectivity index (χ3v) is 9.96. The second-order valence-corrected chi connectivity index (χ2v) is 10.7. The van der Waals surface area contributed by atoms with Crippen LogP contribution in [0.5, 0.6) is 0 Å². The average molecular weight is 325 g/mol. The summed E-state index contributed by atoms with van der Waals surface area (Å²) in [5, 5.41) is 0. The van der Waals surface area contributed by atoms with Gasteiger partial charge in [-0.05, 0) is 22.3 Å². The number of benzene rings is 2. The topological polar surface area (TPSA) is 9.23 Å². The van der Waals surface area contributed by atoms with E-state index in [1.54, 1.807) is 7.11 Å². The van der Waals surface area contributed by atoms with Crippen LogP contribution in [0.25, 0.3) is 12.2 Å². The van der Waals surface area contributed by atoms with Gasteiger partial charge in [-0.2, -0.15) is 0 Å². The van der Waals surface area contributed by atoms with Crippen molar-refractivity contribution < 1.29 is 4.43 Å². The fourth-order valence-electron chi connectivity index (χ4n) is 3.63. The standard InChI is InChI=1S/C19H17ClOSi/c1-21-22(20,18-12-10-14-6-2-4-8-16(14)18)19-13-11-15-7-3-5-9-17(15)19/h2-13,18-19H,1H3. The van der Waals surface area contributed by atoms with Crippen molar-refractivity contribution in [2.75, 3.05) is 7.11 Å². The summed E-state index contributed by atoms with van der Waals surface area (Å²) < 4.78 is 6.02. The molecule has 0 spiro atoms. The SMILES string of the molecule is CO[Si](Cl)(C1C=Cc2ccccc21)C1C=Cc2ccccc21. The Labute approximate surface area is 136 Å². The molecule has 3 heteroatoms. The predicted molar refractivity (Wildman–Crippen MR) is 95.1 cm³/mol. The Morgan fingerprint density at radius 3 is 1.73 bits per heavy atom. The molecule has 2 aromatic rings. The molecule has 0 saturated heterocycles. The van der Waals surface area contributed by atoms with Crippen LogP contribution in [0.4, 0.5) is 0 Å². The van der Waals surface area contributed by atoms with Gasteiger partial charge in [0.2, 0.25) is 0 Å². The van der Waals surface area contributed by atoms with E-state index in [0.29, 0.717) is 0 Å². The highest BCUT2D eigenvalue weighted by Gasteiger charge is 2.50. The van der Waals surface area contributed by atoms with Crippen molar-refractivity contribution in [3.8, 4) is 0 Å². The van der Waals surface area contributed by atoms with Crippen molar-refractivity contribution in [1.82, 2.24) is 0 Å². The number of fused-ring (bicyclic) bond motifs is 2. The monoisotopic (exact) mass is 324 g/mol. The molecule has 2 unspecified atom stereocenters. The minimum absolute atomic E-state index is 0.177. The molecule has 0 heterocycles. The maximum absolute atomic E-state index is 7.21. The first-order chi connectivity index (χ1) is 10.7. The molecule has 2 aliphatic rings. The number of hydrogen-bond acceptors (Lipinski definition) is 1. The molecule has 0 aliphatic heterocycles.